The van der Waals surface area contributed by atoms with Crippen LogP contribution in [0.3, 0.4) is 0 Å². The Morgan fingerprint density at radius 2 is 2.33 bits per heavy atom. The van der Waals surface area contributed by atoms with E-state index in [9.17, 15) is 0 Å². The van der Waals surface area contributed by atoms with Gasteiger partial charge in [0.25, 0.3) is 0 Å². The molecule has 0 radical (unpaired) electrons. The van der Waals surface area contributed by atoms with Crippen LogP contribution in [0.1, 0.15) is 6.92 Å². The highest BCUT2D eigenvalue weighted by Crippen LogP contribution is 2.15. The maximum atomic E-state index is 9.11. The number of hydrogen-bond donors (Lipinski definition) is 2. The molecule has 0 fully saturated rings. The van der Waals surface area contributed by atoms with Crippen molar-refractivity contribution in [2.45, 2.75) is 18.2 Å². The molecule has 0 bridgehead atoms. The van der Waals surface area contributed by atoms with Gasteiger partial charge in [0.1, 0.15) is 11.0 Å². The number of halogens is 1. The third kappa shape index (κ3) is 3.85. The van der Waals surface area contributed by atoms with Gasteiger partial charge in [-0.1, -0.05) is 11.6 Å². The number of rotatable bonds is 5. The van der Waals surface area contributed by atoms with Crippen LogP contribution in [0.2, 0.25) is 5.15 Å². The lowest BCUT2D eigenvalue weighted by Gasteiger charge is -2.21. The molecule has 2 atom stereocenters. The minimum Gasteiger partial charge on any atom is -0.395 e. The number of aliphatic hydroxyl groups excluding tert-OH is 1. The van der Waals surface area contributed by atoms with Gasteiger partial charge in [-0.25, -0.2) is 4.98 Å². The summed E-state index contributed by atoms with van der Waals surface area (Å²) < 4.78 is 0. The third-order valence-corrected chi connectivity index (χ3v) is 3.37. The molecule has 0 saturated heterocycles. The van der Waals surface area contributed by atoms with Crippen LogP contribution in [0.15, 0.2) is 12.4 Å². The highest BCUT2D eigenvalue weighted by atomic mass is 35.5. The molecule has 0 aliphatic rings. The smallest absolute Gasteiger partial charge is 0.149 e. The normalized spacial score (nSPS) is 14.7. The first-order chi connectivity index (χ1) is 7.17. The molecule has 1 aromatic heterocycles. The SMILES string of the molecule is CSC(CO)C(C)Nc1cncc(Cl)n1. The van der Waals surface area contributed by atoms with Gasteiger partial charge in [0.2, 0.25) is 0 Å². The lowest BCUT2D eigenvalue weighted by molar-refractivity contribution is 0.288. The van der Waals surface area contributed by atoms with E-state index < -0.39 is 0 Å². The van der Waals surface area contributed by atoms with Gasteiger partial charge in [-0.15, -0.1) is 0 Å². The molecule has 0 saturated carbocycles. The Hall–Kier alpha value is -0.520. The van der Waals surface area contributed by atoms with Crippen LogP contribution in [0.5, 0.6) is 0 Å². The number of nitrogens with one attached hydrogen (secondary N) is 1. The van der Waals surface area contributed by atoms with Gasteiger partial charge in [0, 0.05) is 11.3 Å². The summed E-state index contributed by atoms with van der Waals surface area (Å²) in [4.78, 5) is 7.99. The van der Waals surface area contributed by atoms with Gasteiger partial charge in [-0.05, 0) is 13.2 Å². The fourth-order valence-corrected chi connectivity index (χ4v) is 1.95. The quantitative estimate of drug-likeness (QED) is 0.829. The lowest BCUT2D eigenvalue weighted by atomic mass is 10.2. The molecule has 0 spiro atoms. The monoisotopic (exact) mass is 247 g/mol. The Kier molecular flexibility index (Phi) is 5.14. The molecule has 0 amide bonds. The van der Waals surface area contributed by atoms with Crippen molar-refractivity contribution in [1.29, 1.82) is 0 Å². The van der Waals surface area contributed by atoms with E-state index in [0.29, 0.717) is 11.0 Å². The van der Waals surface area contributed by atoms with Crippen LogP contribution < -0.4 is 5.32 Å². The van der Waals surface area contributed by atoms with Crippen LogP contribution >= 0.6 is 23.4 Å². The Morgan fingerprint density at radius 3 is 2.87 bits per heavy atom. The number of anilines is 1. The van der Waals surface area contributed by atoms with Gasteiger partial charge in [0.05, 0.1) is 19.0 Å². The van der Waals surface area contributed by atoms with Crippen molar-refractivity contribution in [3.8, 4) is 0 Å². The lowest BCUT2D eigenvalue weighted by Crippen LogP contribution is -2.31. The van der Waals surface area contributed by atoms with Gasteiger partial charge in [-0.2, -0.15) is 11.8 Å². The molecule has 1 heterocycles. The van der Waals surface area contributed by atoms with Crippen molar-refractivity contribution < 1.29 is 5.11 Å². The maximum Gasteiger partial charge on any atom is 0.149 e. The molecular weight excluding hydrogens is 234 g/mol. The Labute approximate surface area is 98.5 Å². The number of hydrogen-bond acceptors (Lipinski definition) is 5. The van der Waals surface area contributed by atoms with Crippen LogP contribution in [0.4, 0.5) is 5.82 Å². The molecule has 0 aliphatic carbocycles. The molecule has 84 valence electrons. The van der Waals surface area contributed by atoms with Crippen molar-refractivity contribution in [3.05, 3.63) is 17.5 Å². The number of nitrogens with zero attached hydrogens (tertiary/aromatic N) is 2. The fraction of sp³-hybridized carbons (Fsp3) is 0.556. The summed E-state index contributed by atoms with van der Waals surface area (Å²) in [5.41, 5.74) is 0. The first-order valence-electron chi connectivity index (χ1n) is 4.55. The van der Waals surface area contributed by atoms with E-state index >= 15 is 0 Å². The second-order valence-electron chi connectivity index (χ2n) is 3.12. The summed E-state index contributed by atoms with van der Waals surface area (Å²) in [5.74, 6) is 0.627. The predicted molar refractivity (Wildman–Crippen MR) is 64.5 cm³/mol. The molecule has 0 aromatic carbocycles. The van der Waals surface area contributed by atoms with Crippen LogP contribution in [0.25, 0.3) is 0 Å². The summed E-state index contributed by atoms with van der Waals surface area (Å²) in [6.07, 6.45) is 5.05. The van der Waals surface area contributed by atoms with Gasteiger partial charge in [-0.3, -0.25) is 4.98 Å². The predicted octanol–water partition coefficient (Wildman–Crippen LogP) is 1.65. The maximum absolute atomic E-state index is 9.11. The number of thioether (sulfide) groups is 1. The molecule has 6 heteroatoms. The van der Waals surface area contributed by atoms with Crippen molar-refractivity contribution >= 4 is 29.2 Å². The van der Waals surface area contributed by atoms with Crippen LogP contribution in [-0.4, -0.2) is 39.2 Å². The van der Waals surface area contributed by atoms with E-state index in [4.69, 9.17) is 16.7 Å². The summed E-state index contributed by atoms with van der Waals surface area (Å²) >= 11 is 7.32. The third-order valence-electron chi connectivity index (χ3n) is 2.02. The highest BCUT2D eigenvalue weighted by molar-refractivity contribution is 7.99. The molecular formula is C9H14ClN3OS. The van der Waals surface area contributed by atoms with Crippen molar-refractivity contribution in [2.24, 2.45) is 0 Å². The molecule has 1 rings (SSSR count). The molecule has 15 heavy (non-hydrogen) atoms. The van der Waals surface area contributed by atoms with E-state index in [-0.39, 0.29) is 17.9 Å². The molecule has 4 nitrogen and oxygen atoms in total. The average molecular weight is 248 g/mol. The standard InChI is InChI=1S/C9H14ClN3OS/c1-6(7(5-14)15-2)12-9-4-11-3-8(10)13-9/h3-4,6-7,14H,5H2,1-2H3,(H,12,13). The fourth-order valence-electron chi connectivity index (χ4n) is 1.17. The van der Waals surface area contributed by atoms with Crippen molar-refractivity contribution in [3.63, 3.8) is 0 Å². The first kappa shape index (κ1) is 12.5. The van der Waals surface area contributed by atoms with E-state index in [1.54, 1.807) is 18.0 Å². The Morgan fingerprint density at radius 1 is 1.60 bits per heavy atom. The largest absolute Gasteiger partial charge is 0.395 e. The van der Waals surface area contributed by atoms with Crippen molar-refractivity contribution in [1.82, 2.24) is 9.97 Å². The summed E-state index contributed by atoms with van der Waals surface area (Å²) in [5, 5.41) is 12.7. The van der Waals surface area contributed by atoms with Gasteiger partial charge < -0.3 is 10.4 Å². The minimum absolute atomic E-state index is 0.109. The Bertz CT molecular complexity index is 309. The van der Waals surface area contributed by atoms with E-state index in [2.05, 4.69) is 15.3 Å². The highest BCUT2D eigenvalue weighted by Gasteiger charge is 2.15. The van der Waals surface area contributed by atoms with E-state index in [1.165, 1.54) is 6.20 Å². The summed E-state index contributed by atoms with van der Waals surface area (Å²) in [6.45, 7) is 2.11. The minimum atomic E-state index is 0.109. The first-order valence-corrected chi connectivity index (χ1v) is 6.21. The van der Waals surface area contributed by atoms with Crippen LogP contribution in [-0.2, 0) is 0 Å². The van der Waals surface area contributed by atoms with E-state index in [1.807, 2.05) is 13.2 Å². The second kappa shape index (κ2) is 6.15. The zero-order valence-electron chi connectivity index (χ0n) is 8.64. The van der Waals surface area contributed by atoms with Crippen molar-refractivity contribution in [2.75, 3.05) is 18.2 Å². The molecule has 0 aliphatic heterocycles. The summed E-state index contributed by atoms with van der Waals surface area (Å²) in [6, 6.07) is 0.109. The topological polar surface area (TPSA) is 58.0 Å². The average Bonchev–Trinajstić information content (AvgIpc) is 2.19. The zero-order valence-corrected chi connectivity index (χ0v) is 10.2. The second-order valence-corrected chi connectivity index (χ2v) is 4.58. The number of aromatic nitrogens is 2. The number of aliphatic hydroxyl groups is 1. The van der Waals surface area contributed by atoms with Crippen LogP contribution in [0, 0.1) is 0 Å². The van der Waals surface area contributed by atoms with E-state index in [0.717, 1.165) is 0 Å². The molecule has 1 aromatic rings. The molecule has 2 unspecified atom stereocenters. The molecule has 2 N–H and O–H groups in total. The zero-order chi connectivity index (χ0) is 11.3. The van der Waals surface area contributed by atoms with Gasteiger partial charge >= 0.3 is 0 Å². The summed E-state index contributed by atoms with van der Waals surface area (Å²) in [7, 11) is 0. The Balaban J connectivity index is 2.61. The van der Waals surface area contributed by atoms with Gasteiger partial charge in [0.15, 0.2) is 0 Å².